The van der Waals surface area contributed by atoms with Gasteiger partial charge < -0.3 is 14.8 Å². The van der Waals surface area contributed by atoms with E-state index in [0.717, 1.165) is 64.0 Å². The van der Waals surface area contributed by atoms with E-state index in [1.807, 2.05) is 0 Å². The monoisotopic (exact) mass is 243 g/mol. The fourth-order valence-electron chi connectivity index (χ4n) is 1.99. The van der Waals surface area contributed by atoms with Crippen LogP contribution >= 0.6 is 0 Å². The molecule has 0 aliphatic carbocycles. The number of rotatable bonds is 8. The van der Waals surface area contributed by atoms with E-state index in [2.05, 4.69) is 26.1 Å². The van der Waals surface area contributed by atoms with Crippen molar-refractivity contribution < 1.29 is 9.47 Å². The molecule has 0 aromatic heterocycles. The molecule has 1 saturated heterocycles. The zero-order valence-corrected chi connectivity index (χ0v) is 11.7. The summed E-state index contributed by atoms with van der Waals surface area (Å²) in [7, 11) is 0. The van der Waals surface area contributed by atoms with Gasteiger partial charge in [0.15, 0.2) is 0 Å². The predicted octanol–water partition coefficient (Wildman–Crippen LogP) is 2.45. The first-order valence-corrected chi connectivity index (χ1v) is 7.08. The Morgan fingerprint density at radius 1 is 1.24 bits per heavy atom. The molecular weight excluding hydrogens is 214 g/mol. The van der Waals surface area contributed by atoms with E-state index in [-0.39, 0.29) is 0 Å². The molecule has 0 aromatic carbocycles. The molecule has 0 aromatic rings. The van der Waals surface area contributed by atoms with Crippen molar-refractivity contribution in [1.82, 2.24) is 5.32 Å². The van der Waals surface area contributed by atoms with E-state index in [0.29, 0.717) is 6.10 Å². The molecule has 1 fully saturated rings. The van der Waals surface area contributed by atoms with Crippen molar-refractivity contribution in [2.45, 2.75) is 46.1 Å². The van der Waals surface area contributed by atoms with Gasteiger partial charge in [-0.3, -0.25) is 0 Å². The van der Waals surface area contributed by atoms with Crippen LogP contribution in [0.15, 0.2) is 0 Å². The minimum Gasteiger partial charge on any atom is -0.381 e. The maximum atomic E-state index is 5.89. The lowest BCUT2D eigenvalue weighted by Gasteiger charge is -2.23. The van der Waals surface area contributed by atoms with Crippen LogP contribution in [0.4, 0.5) is 0 Å². The van der Waals surface area contributed by atoms with Gasteiger partial charge in [0.2, 0.25) is 0 Å². The van der Waals surface area contributed by atoms with Crippen molar-refractivity contribution in [3.05, 3.63) is 0 Å². The van der Waals surface area contributed by atoms with Gasteiger partial charge in [-0.05, 0) is 51.1 Å². The van der Waals surface area contributed by atoms with E-state index in [1.54, 1.807) is 0 Å². The second kappa shape index (κ2) is 8.90. The Bertz CT molecular complexity index is 179. The SMILES string of the molecule is CC(C)CNCCC(C)OCC1CCOCC1. The number of hydrogen-bond donors (Lipinski definition) is 1. The van der Waals surface area contributed by atoms with Gasteiger partial charge in [-0.1, -0.05) is 13.8 Å². The fourth-order valence-corrected chi connectivity index (χ4v) is 1.99. The molecule has 1 unspecified atom stereocenters. The van der Waals surface area contributed by atoms with Crippen LogP contribution in [-0.4, -0.2) is 39.0 Å². The van der Waals surface area contributed by atoms with Crippen LogP contribution in [-0.2, 0) is 9.47 Å². The van der Waals surface area contributed by atoms with Crippen molar-refractivity contribution in [3.8, 4) is 0 Å². The lowest BCUT2D eigenvalue weighted by atomic mass is 10.0. The van der Waals surface area contributed by atoms with Gasteiger partial charge in [-0.15, -0.1) is 0 Å². The summed E-state index contributed by atoms with van der Waals surface area (Å²) < 4.78 is 11.2. The maximum absolute atomic E-state index is 5.89. The van der Waals surface area contributed by atoms with Crippen LogP contribution in [0.1, 0.15) is 40.0 Å². The van der Waals surface area contributed by atoms with Gasteiger partial charge >= 0.3 is 0 Å². The quantitative estimate of drug-likeness (QED) is 0.664. The van der Waals surface area contributed by atoms with Crippen LogP contribution in [0.5, 0.6) is 0 Å². The molecule has 1 aliphatic rings. The number of nitrogens with one attached hydrogen (secondary N) is 1. The molecular formula is C14H29NO2. The Labute approximate surface area is 106 Å². The minimum absolute atomic E-state index is 0.373. The molecule has 0 amide bonds. The third kappa shape index (κ3) is 7.74. The van der Waals surface area contributed by atoms with Crippen LogP contribution < -0.4 is 5.32 Å². The zero-order chi connectivity index (χ0) is 12.5. The van der Waals surface area contributed by atoms with Gasteiger partial charge in [0.25, 0.3) is 0 Å². The van der Waals surface area contributed by atoms with Gasteiger partial charge in [0, 0.05) is 19.8 Å². The normalized spacial score (nSPS) is 19.8. The third-order valence-electron chi connectivity index (χ3n) is 3.24. The summed E-state index contributed by atoms with van der Waals surface area (Å²) >= 11 is 0. The molecule has 1 atom stereocenters. The fraction of sp³-hybridized carbons (Fsp3) is 1.00. The van der Waals surface area contributed by atoms with E-state index in [1.165, 1.54) is 0 Å². The topological polar surface area (TPSA) is 30.5 Å². The summed E-state index contributed by atoms with van der Waals surface area (Å²) in [6.45, 7) is 11.6. The highest BCUT2D eigenvalue weighted by Crippen LogP contribution is 2.15. The standard InChI is InChI=1S/C14H29NO2/c1-12(2)10-15-7-4-13(3)17-11-14-5-8-16-9-6-14/h12-15H,4-11H2,1-3H3. The molecule has 3 heteroatoms. The van der Waals surface area contributed by atoms with Crippen molar-refractivity contribution in [1.29, 1.82) is 0 Å². The number of ether oxygens (including phenoxy) is 2. The molecule has 1 rings (SSSR count). The molecule has 0 spiro atoms. The largest absolute Gasteiger partial charge is 0.381 e. The minimum atomic E-state index is 0.373. The van der Waals surface area contributed by atoms with Crippen molar-refractivity contribution >= 4 is 0 Å². The van der Waals surface area contributed by atoms with E-state index in [4.69, 9.17) is 9.47 Å². The Morgan fingerprint density at radius 3 is 2.59 bits per heavy atom. The summed E-state index contributed by atoms with van der Waals surface area (Å²) in [4.78, 5) is 0. The van der Waals surface area contributed by atoms with Crippen molar-refractivity contribution in [2.24, 2.45) is 11.8 Å². The van der Waals surface area contributed by atoms with E-state index in [9.17, 15) is 0 Å². The smallest absolute Gasteiger partial charge is 0.0559 e. The summed E-state index contributed by atoms with van der Waals surface area (Å²) in [5.41, 5.74) is 0. The van der Waals surface area contributed by atoms with Crippen LogP contribution in [0.3, 0.4) is 0 Å². The Kier molecular flexibility index (Phi) is 7.82. The molecule has 0 bridgehead atoms. The molecule has 3 nitrogen and oxygen atoms in total. The summed E-state index contributed by atoms with van der Waals surface area (Å²) in [6.07, 6.45) is 3.81. The lowest BCUT2D eigenvalue weighted by molar-refractivity contribution is -0.00700. The van der Waals surface area contributed by atoms with Gasteiger partial charge in [-0.2, -0.15) is 0 Å². The Hall–Kier alpha value is -0.120. The molecule has 0 radical (unpaired) electrons. The molecule has 1 N–H and O–H groups in total. The van der Waals surface area contributed by atoms with Crippen LogP contribution in [0.2, 0.25) is 0 Å². The van der Waals surface area contributed by atoms with Crippen LogP contribution in [0.25, 0.3) is 0 Å². The van der Waals surface area contributed by atoms with E-state index >= 15 is 0 Å². The molecule has 17 heavy (non-hydrogen) atoms. The number of hydrogen-bond acceptors (Lipinski definition) is 3. The Morgan fingerprint density at radius 2 is 1.94 bits per heavy atom. The summed E-state index contributed by atoms with van der Waals surface area (Å²) in [5, 5.41) is 3.45. The molecule has 0 saturated carbocycles. The molecule has 1 heterocycles. The highest BCUT2D eigenvalue weighted by molar-refractivity contribution is 4.64. The third-order valence-corrected chi connectivity index (χ3v) is 3.24. The average Bonchev–Trinajstić information content (AvgIpc) is 2.33. The Balaban J connectivity index is 1.94. The predicted molar refractivity (Wildman–Crippen MR) is 71.3 cm³/mol. The first kappa shape index (κ1) is 14.9. The van der Waals surface area contributed by atoms with Gasteiger partial charge in [0.1, 0.15) is 0 Å². The summed E-state index contributed by atoms with van der Waals surface area (Å²) in [6, 6.07) is 0. The van der Waals surface area contributed by atoms with Crippen molar-refractivity contribution in [2.75, 3.05) is 32.9 Å². The highest BCUT2D eigenvalue weighted by Gasteiger charge is 2.15. The van der Waals surface area contributed by atoms with Crippen molar-refractivity contribution in [3.63, 3.8) is 0 Å². The lowest BCUT2D eigenvalue weighted by Crippen LogP contribution is -2.26. The molecule has 102 valence electrons. The first-order chi connectivity index (χ1) is 8.18. The average molecular weight is 243 g/mol. The second-order valence-corrected chi connectivity index (χ2v) is 5.59. The van der Waals surface area contributed by atoms with E-state index < -0.39 is 0 Å². The first-order valence-electron chi connectivity index (χ1n) is 7.08. The maximum Gasteiger partial charge on any atom is 0.0559 e. The summed E-state index contributed by atoms with van der Waals surface area (Å²) in [5.74, 6) is 1.45. The second-order valence-electron chi connectivity index (χ2n) is 5.59. The zero-order valence-electron chi connectivity index (χ0n) is 11.7. The van der Waals surface area contributed by atoms with Gasteiger partial charge in [0.05, 0.1) is 6.10 Å². The van der Waals surface area contributed by atoms with Gasteiger partial charge in [-0.25, -0.2) is 0 Å². The molecule has 1 aliphatic heterocycles. The highest BCUT2D eigenvalue weighted by atomic mass is 16.5. The van der Waals surface area contributed by atoms with Crippen LogP contribution in [0, 0.1) is 11.8 Å².